The quantitative estimate of drug-likeness (QED) is 0.399. The molecule has 1 heterocycles. The normalized spacial score (nSPS) is 11.5. The van der Waals surface area contributed by atoms with E-state index < -0.39 is 32.1 Å². The lowest BCUT2D eigenvalue weighted by molar-refractivity contribution is -0.383. The summed E-state index contributed by atoms with van der Waals surface area (Å²) >= 11 is 10.5. The topological polar surface area (TPSA) is 115 Å². The molecule has 4 N–H and O–H groups in total. The van der Waals surface area contributed by atoms with Crippen LogP contribution in [0.5, 0.6) is 0 Å². The number of hydrogen-bond acceptors (Lipinski definition) is 8. The molecule has 0 saturated heterocycles. The summed E-state index contributed by atoms with van der Waals surface area (Å²) in [6.07, 6.45) is -4.93. The van der Waals surface area contributed by atoms with E-state index in [1.54, 1.807) is 0 Å². The zero-order valence-corrected chi connectivity index (χ0v) is 15.8. The third-order valence-corrected chi connectivity index (χ3v) is 5.51. The molecule has 140 valence electrons. The number of nitrogens with zero attached hydrogens (tertiary/aromatic N) is 2. The Balaban J connectivity index is 2.94. The maximum atomic E-state index is 13.6. The minimum Gasteiger partial charge on any atom is -0.392 e. The maximum Gasteiger partial charge on any atom is 0.418 e. The van der Waals surface area contributed by atoms with Gasteiger partial charge >= 0.3 is 6.18 Å². The van der Waals surface area contributed by atoms with Crippen molar-refractivity contribution in [3.8, 4) is 0 Å². The van der Waals surface area contributed by atoms with Gasteiger partial charge in [-0.15, -0.1) is 0 Å². The summed E-state index contributed by atoms with van der Waals surface area (Å²) in [6, 6.07) is 0.395. The number of nitro groups is 1. The van der Waals surface area contributed by atoms with Crippen molar-refractivity contribution in [2.45, 2.75) is 6.18 Å². The molecular weight excluding hydrogens is 433 g/mol. The Labute approximate surface area is 162 Å². The Hall–Kier alpha value is -1.90. The van der Waals surface area contributed by atoms with Gasteiger partial charge in [-0.3, -0.25) is 14.9 Å². The summed E-state index contributed by atoms with van der Waals surface area (Å²) in [7, 11) is 0. The number of fused-ring (bicyclic) bond motifs is 1. The molecule has 0 bridgehead atoms. The maximum absolute atomic E-state index is 13.6. The second kappa shape index (κ2) is 7.38. The van der Waals surface area contributed by atoms with Crippen molar-refractivity contribution in [2.75, 3.05) is 18.0 Å². The molecule has 1 aromatic carbocycles. The summed E-state index contributed by atoms with van der Waals surface area (Å²) in [5, 5.41) is 11.2. The highest BCUT2D eigenvalue weighted by Crippen LogP contribution is 2.46. The van der Waals surface area contributed by atoms with Crippen LogP contribution >= 0.6 is 47.1 Å². The highest BCUT2D eigenvalue weighted by atomic mass is 32.2. The molecule has 1 aromatic heterocycles. The first-order chi connectivity index (χ1) is 11.9. The summed E-state index contributed by atoms with van der Waals surface area (Å²) in [5.74, 6) is 0. The van der Waals surface area contributed by atoms with Crippen LogP contribution < -0.4 is 20.4 Å². The van der Waals surface area contributed by atoms with Gasteiger partial charge in [-0.05, 0) is 0 Å². The van der Waals surface area contributed by atoms with E-state index >= 15 is 0 Å². The first kappa shape index (κ1) is 20.4. The smallest absolute Gasteiger partial charge is 0.392 e. The predicted octanol–water partition coefficient (Wildman–Crippen LogP) is 2.63. The molecule has 0 unspecified atom stereocenters. The minimum absolute atomic E-state index is 0.136. The van der Waals surface area contributed by atoms with Gasteiger partial charge in [0.2, 0.25) is 0 Å². The van der Waals surface area contributed by atoms with Gasteiger partial charge in [-0.1, -0.05) is 47.1 Å². The lowest BCUT2D eigenvalue weighted by atomic mass is 10.1. The molecule has 0 aliphatic carbocycles. The fourth-order valence-corrected chi connectivity index (χ4v) is 4.78. The van der Waals surface area contributed by atoms with Crippen LogP contribution in [0.25, 0.3) is 9.40 Å². The molecule has 0 aliphatic rings. The summed E-state index contributed by atoms with van der Waals surface area (Å²) in [5.41, 5.74) is 8.36. The van der Waals surface area contributed by atoms with Gasteiger partial charge < -0.3 is 16.4 Å². The number of rotatable bonds is 6. The Morgan fingerprint density at radius 1 is 1.19 bits per heavy atom. The van der Waals surface area contributed by atoms with Crippen LogP contribution in [0.2, 0.25) is 0 Å². The number of non-ortho nitro benzene ring substituents is 1. The largest absolute Gasteiger partial charge is 0.418 e. The highest BCUT2D eigenvalue weighted by Gasteiger charge is 2.39. The molecule has 0 aliphatic heterocycles. The molecule has 0 radical (unpaired) electrons. The van der Waals surface area contributed by atoms with E-state index in [1.165, 1.54) is 0 Å². The van der Waals surface area contributed by atoms with Crippen molar-refractivity contribution in [3.05, 3.63) is 30.6 Å². The molecule has 2 rings (SSSR count). The fourth-order valence-electron chi connectivity index (χ4n) is 2.25. The number of benzene rings is 1. The number of alkyl halides is 3. The molecule has 26 heavy (non-hydrogen) atoms. The second-order valence-corrected chi connectivity index (χ2v) is 8.22. The third kappa shape index (κ3) is 4.25. The molecule has 0 fully saturated rings. The minimum atomic E-state index is -4.93. The van der Waals surface area contributed by atoms with Crippen LogP contribution in [-0.2, 0) is 6.18 Å². The summed E-state index contributed by atoms with van der Waals surface area (Å²) in [4.78, 5) is 22.8. The van der Waals surface area contributed by atoms with Crippen molar-refractivity contribution in [2.24, 2.45) is 11.5 Å². The van der Waals surface area contributed by atoms with Crippen molar-refractivity contribution >= 4 is 77.9 Å². The van der Waals surface area contributed by atoms with E-state index in [4.69, 9.17) is 35.9 Å². The van der Waals surface area contributed by atoms with Gasteiger partial charge in [0, 0.05) is 6.07 Å². The SMILES string of the molecule is NC(=S)CN(CC(N)=S)c1c(C(F)(F)F)cc([N+](=O)[O-])c2sc(=O)sc12. The number of nitro benzene ring substituents is 1. The predicted molar refractivity (Wildman–Crippen MR) is 103 cm³/mol. The van der Waals surface area contributed by atoms with E-state index in [9.17, 15) is 28.1 Å². The van der Waals surface area contributed by atoms with E-state index in [-0.39, 0.29) is 32.5 Å². The van der Waals surface area contributed by atoms with Crippen LogP contribution in [-0.4, -0.2) is 28.0 Å². The van der Waals surface area contributed by atoms with Gasteiger partial charge in [0.15, 0.2) is 0 Å². The lowest BCUT2D eigenvalue weighted by Gasteiger charge is -2.27. The van der Waals surface area contributed by atoms with Crippen LogP contribution in [0.15, 0.2) is 10.9 Å². The Morgan fingerprint density at radius 2 is 1.69 bits per heavy atom. The first-order valence-corrected chi connectivity index (χ1v) is 9.00. The van der Waals surface area contributed by atoms with Crippen LogP contribution in [0.4, 0.5) is 24.5 Å². The summed E-state index contributed by atoms with van der Waals surface area (Å²) in [6.45, 7) is -0.612. The average molecular weight is 442 g/mol. The highest BCUT2D eigenvalue weighted by molar-refractivity contribution is 7.80. The van der Waals surface area contributed by atoms with Gasteiger partial charge in [0.1, 0.15) is 4.70 Å². The van der Waals surface area contributed by atoms with Crippen LogP contribution in [0.3, 0.4) is 0 Å². The number of anilines is 1. The molecular formula is C12H9F3N4O3S4. The molecule has 14 heteroatoms. The molecule has 0 atom stereocenters. The Kier molecular flexibility index (Phi) is 5.79. The fraction of sp³-hybridized carbons (Fsp3) is 0.250. The van der Waals surface area contributed by atoms with Gasteiger partial charge in [-0.25, -0.2) is 0 Å². The van der Waals surface area contributed by atoms with Gasteiger partial charge in [0.25, 0.3) is 9.74 Å². The van der Waals surface area contributed by atoms with Crippen LogP contribution in [0, 0.1) is 10.1 Å². The Morgan fingerprint density at radius 3 is 2.12 bits per heavy atom. The molecule has 7 nitrogen and oxygen atoms in total. The number of halogens is 3. The van der Waals surface area contributed by atoms with E-state index in [1.807, 2.05) is 0 Å². The second-order valence-electron chi connectivity index (χ2n) is 4.95. The van der Waals surface area contributed by atoms with Crippen LogP contribution in [0.1, 0.15) is 5.56 Å². The van der Waals surface area contributed by atoms with E-state index in [0.717, 1.165) is 4.90 Å². The van der Waals surface area contributed by atoms with Gasteiger partial charge in [-0.2, -0.15) is 13.2 Å². The van der Waals surface area contributed by atoms with Crippen molar-refractivity contribution in [3.63, 3.8) is 0 Å². The first-order valence-electron chi connectivity index (χ1n) is 6.55. The average Bonchev–Trinajstić information content (AvgIpc) is 2.83. The number of nitrogens with two attached hydrogens (primary N) is 2. The lowest BCUT2D eigenvalue weighted by Crippen LogP contribution is -2.39. The zero-order chi connectivity index (χ0) is 19.8. The van der Waals surface area contributed by atoms with Gasteiger partial charge in [0.05, 0.1) is 43.9 Å². The molecule has 2 aromatic rings. The zero-order valence-electron chi connectivity index (χ0n) is 12.5. The molecule has 0 spiro atoms. The monoisotopic (exact) mass is 442 g/mol. The van der Waals surface area contributed by atoms with E-state index in [0.29, 0.717) is 28.7 Å². The van der Waals surface area contributed by atoms with E-state index in [2.05, 4.69) is 0 Å². The third-order valence-electron chi connectivity index (χ3n) is 3.07. The number of hydrogen-bond donors (Lipinski definition) is 2. The number of thiocarbonyl (C=S) groups is 2. The standard InChI is InChI=1S/C12H9F3N4O3S4/c13-12(14,15)4-1-5(19(21)22)9-10(26-11(20)25-9)8(4)18(2-6(16)23)3-7(17)24/h1H,2-3H2,(H2,16,23)(H2,17,24). The Bertz CT molecular complexity index is 953. The van der Waals surface area contributed by atoms with Crippen molar-refractivity contribution in [1.29, 1.82) is 0 Å². The summed E-state index contributed by atoms with van der Waals surface area (Å²) < 4.78 is 39.9. The van der Waals surface area contributed by atoms with Crippen molar-refractivity contribution in [1.82, 2.24) is 0 Å². The van der Waals surface area contributed by atoms with Crippen molar-refractivity contribution < 1.29 is 18.1 Å². The molecule has 0 amide bonds. The molecule has 0 saturated carbocycles.